The van der Waals surface area contributed by atoms with E-state index in [-0.39, 0.29) is 17.9 Å². The normalized spacial score (nSPS) is 19.7. The maximum absolute atomic E-state index is 13.2. The summed E-state index contributed by atoms with van der Waals surface area (Å²) in [6, 6.07) is -0.797. The zero-order chi connectivity index (χ0) is 22.2. The number of aromatic amines is 1. The molecule has 0 aromatic carbocycles. The van der Waals surface area contributed by atoms with Crippen molar-refractivity contribution in [3.63, 3.8) is 0 Å². The lowest BCUT2D eigenvalue weighted by molar-refractivity contribution is -0.135. The van der Waals surface area contributed by atoms with Crippen molar-refractivity contribution >= 4 is 12.0 Å². The average Bonchev–Trinajstić information content (AvgIpc) is 3.44. The molecule has 1 saturated carbocycles. The van der Waals surface area contributed by atoms with Crippen LogP contribution in [0, 0.1) is 35.5 Å². The molecule has 1 aromatic heterocycles. The number of aromatic nitrogens is 2. The number of nitrogens with one attached hydrogen (secondary N) is 2. The number of imidazole rings is 1. The van der Waals surface area contributed by atoms with Crippen molar-refractivity contribution in [3.05, 3.63) is 17.7 Å². The van der Waals surface area contributed by atoms with E-state index < -0.39 is 12.1 Å². The highest BCUT2D eigenvalue weighted by molar-refractivity contribution is 5.86. The predicted molar refractivity (Wildman–Crippen MR) is 118 cm³/mol. The third kappa shape index (κ3) is 6.04. The van der Waals surface area contributed by atoms with E-state index in [4.69, 9.17) is 0 Å². The van der Waals surface area contributed by atoms with Crippen LogP contribution in [0.4, 0.5) is 4.79 Å². The summed E-state index contributed by atoms with van der Waals surface area (Å²) >= 11 is 0. The fraction of sp³-hybridized carbons (Fsp3) is 0.625. The minimum absolute atomic E-state index is 0.0615. The van der Waals surface area contributed by atoms with Crippen LogP contribution in [0.25, 0.3) is 0 Å². The van der Waals surface area contributed by atoms with Crippen LogP contribution < -0.4 is 5.32 Å². The second kappa shape index (κ2) is 10.9. The quantitative estimate of drug-likeness (QED) is 0.726. The minimum atomic E-state index is -0.641. The van der Waals surface area contributed by atoms with Gasteiger partial charge in [-0.2, -0.15) is 0 Å². The number of rotatable bonds is 4. The second-order valence-corrected chi connectivity index (χ2v) is 8.58. The molecule has 2 N–H and O–H groups in total. The number of carbonyl (C=O) groups is 2. The minimum Gasteiger partial charge on any atom is -0.453 e. The molecule has 2 atom stereocenters. The largest absolute Gasteiger partial charge is 0.453 e. The van der Waals surface area contributed by atoms with Crippen molar-refractivity contribution in [2.45, 2.75) is 70.9 Å². The summed E-state index contributed by atoms with van der Waals surface area (Å²) in [5.74, 6) is 13.2. The highest BCUT2D eigenvalue weighted by Crippen LogP contribution is 2.31. The van der Waals surface area contributed by atoms with Gasteiger partial charge in [-0.05, 0) is 49.4 Å². The summed E-state index contributed by atoms with van der Waals surface area (Å²) in [5.41, 5.74) is 0.695. The van der Waals surface area contributed by atoms with Crippen LogP contribution in [-0.4, -0.2) is 46.6 Å². The van der Waals surface area contributed by atoms with Gasteiger partial charge in [0.25, 0.3) is 0 Å². The Kier molecular flexibility index (Phi) is 8.00. The third-order valence-electron chi connectivity index (χ3n) is 5.98. The van der Waals surface area contributed by atoms with E-state index >= 15 is 0 Å². The topological polar surface area (TPSA) is 87.3 Å². The van der Waals surface area contributed by atoms with Gasteiger partial charge in [0.15, 0.2) is 0 Å². The first-order valence-electron chi connectivity index (χ1n) is 11.2. The zero-order valence-corrected chi connectivity index (χ0v) is 18.7. The number of H-pyrrole nitrogens is 1. The molecule has 1 aromatic rings. The molecule has 1 saturated heterocycles. The van der Waals surface area contributed by atoms with Crippen LogP contribution in [0.3, 0.4) is 0 Å². The van der Waals surface area contributed by atoms with Crippen LogP contribution in [0.15, 0.2) is 6.20 Å². The highest BCUT2D eigenvalue weighted by Gasteiger charge is 2.37. The van der Waals surface area contributed by atoms with E-state index in [1.54, 1.807) is 11.1 Å². The first kappa shape index (κ1) is 22.7. The van der Waals surface area contributed by atoms with Gasteiger partial charge in [-0.1, -0.05) is 39.0 Å². The lowest BCUT2D eigenvalue weighted by atomic mass is 9.90. The Bertz CT molecular complexity index is 893. The number of hydrogen-bond donors (Lipinski definition) is 2. The van der Waals surface area contributed by atoms with Gasteiger partial charge in [-0.3, -0.25) is 4.79 Å². The Hall–Kier alpha value is -2.93. The molecular weight excluding hydrogens is 392 g/mol. The number of likely N-dealkylation sites (tertiary alicyclic amines) is 1. The van der Waals surface area contributed by atoms with Gasteiger partial charge in [-0.15, -0.1) is 0 Å². The van der Waals surface area contributed by atoms with E-state index in [2.05, 4.69) is 43.7 Å². The van der Waals surface area contributed by atoms with Crippen LogP contribution in [0.1, 0.15) is 76.4 Å². The van der Waals surface area contributed by atoms with Gasteiger partial charge >= 0.3 is 6.09 Å². The van der Waals surface area contributed by atoms with E-state index in [9.17, 15) is 9.59 Å². The summed E-state index contributed by atoms with van der Waals surface area (Å²) < 4.78 is 4.68. The van der Waals surface area contributed by atoms with Crippen molar-refractivity contribution in [2.24, 2.45) is 11.8 Å². The van der Waals surface area contributed by atoms with Crippen LogP contribution in [0.2, 0.25) is 0 Å². The lowest BCUT2D eigenvalue weighted by Crippen LogP contribution is -2.51. The number of methoxy groups -OCH3 is 1. The number of amides is 2. The molecule has 166 valence electrons. The van der Waals surface area contributed by atoms with Gasteiger partial charge in [-0.25, -0.2) is 9.78 Å². The Labute approximate surface area is 184 Å². The Morgan fingerprint density at radius 1 is 1.19 bits per heavy atom. The molecule has 0 unspecified atom stereocenters. The smallest absolute Gasteiger partial charge is 0.407 e. The lowest BCUT2D eigenvalue weighted by Gasteiger charge is -2.29. The van der Waals surface area contributed by atoms with E-state index in [1.165, 1.54) is 39.2 Å². The van der Waals surface area contributed by atoms with Gasteiger partial charge in [0.05, 0.1) is 19.3 Å². The highest BCUT2D eigenvalue weighted by atomic mass is 16.5. The van der Waals surface area contributed by atoms with Gasteiger partial charge in [0.2, 0.25) is 5.91 Å². The van der Waals surface area contributed by atoms with Gasteiger partial charge in [0.1, 0.15) is 17.6 Å². The number of carbonyl (C=O) groups excluding carboxylic acids is 2. The number of hydrogen-bond acceptors (Lipinski definition) is 4. The zero-order valence-electron chi connectivity index (χ0n) is 18.7. The van der Waals surface area contributed by atoms with Crippen molar-refractivity contribution in [3.8, 4) is 23.7 Å². The monoisotopic (exact) mass is 424 g/mol. The molecule has 31 heavy (non-hydrogen) atoms. The van der Waals surface area contributed by atoms with Crippen molar-refractivity contribution in [1.29, 1.82) is 0 Å². The van der Waals surface area contributed by atoms with E-state index in [1.807, 2.05) is 13.8 Å². The molecule has 2 amide bonds. The molecule has 2 fully saturated rings. The molecule has 7 heteroatoms. The maximum atomic E-state index is 13.2. The molecule has 1 aliphatic carbocycles. The Morgan fingerprint density at radius 3 is 2.68 bits per heavy atom. The summed E-state index contributed by atoms with van der Waals surface area (Å²) in [7, 11) is 1.29. The van der Waals surface area contributed by atoms with Crippen molar-refractivity contribution in [1.82, 2.24) is 20.2 Å². The Morgan fingerprint density at radius 2 is 1.97 bits per heavy atom. The van der Waals surface area contributed by atoms with Crippen LogP contribution >= 0.6 is 0 Å². The van der Waals surface area contributed by atoms with E-state index in [0.29, 0.717) is 18.2 Å². The summed E-state index contributed by atoms with van der Waals surface area (Å²) in [6.07, 6.45) is 8.99. The van der Waals surface area contributed by atoms with Gasteiger partial charge < -0.3 is 19.9 Å². The molecule has 2 aliphatic rings. The molecule has 1 aliphatic heterocycles. The fourth-order valence-corrected chi connectivity index (χ4v) is 4.25. The molecule has 0 bridgehead atoms. The molecular formula is C24H32N4O3. The van der Waals surface area contributed by atoms with Crippen molar-refractivity contribution < 1.29 is 14.3 Å². The van der Waals surface area contributed by atoms with E-state index in [0.717, 1.165) is 18.7 Å². The van der Waals surface area contributed by atoms with Crippen molar-refractivity contribution in [2.75, 3.05) is 13.7 Å². The molecule has 3 rings (SSSR count). The first-order valence-corrected chi connectivity index (χ1v) is 11.2. The first-order chi connectivity index (χ1) is 15.0. The number of ether oxygens (including phenoxy) is 1. The predicted octanol–water partition coefficient (Wildman–Crippen LogP) is 3.39. The molecule has 2 heterocycles. The van der Waals surface area contributed by atoms with Gasteiger partial charge in [0, 0.05) is 12.5 Å². The second-order valence-electron chi connectivity index (χ2n) is 8.58. The summed E-state index contributed by atoms with van der Waals surface area (Å²) in [4.78, 5) is 34.3. The summed E-state index contributed by atoms with van der Waals surface area (Å²) in [5, 5.41) is 2.66. The number of nitrogens with zero attached hydrogens (tertiary/aromatic N) is 2. The van der Waals surface area contributed by atoms with Crippen LogP contribution in [-0.2, 0) is 9.53 Å². The standard InChI is InChI=1S/C24H32N4O3/c1-17(2)21(27-24(30)31-3)23(29)28-15-9-14-20(28)22-25-16-19(26-22)13-8-7-12-18-10-5-4-6-11-18/h16-18,20-21H,4-6,9-11,14-15H2,1-3H3,(H,25,26)(H,27,30)/t20-,21-/m0/s1. The maximum Gasteiger partial charge on any atom is 0.407 e. The third-order valence-corrected chi connectivity index (χ3v) is 5.98. The Balaban J connectivity index is 1.66. The SMILES string of the molecule is COC(=O)N[C@H](C(=O)N1CCC[C@H]1c1ncc(C#CC#CC2CCCCC2)[nH]1)C(C)C. The summed E-state index contributed by atoms with van der Waals surface area (Å²) in [6.45, 7) is 4.43. The molecule has 0 radical (unpaired) electrons. The van der Waals surface area contributed by atoms with Crippen LogP contribution in [0.5, 0.6) is 0 Å². The molecule has 7 nitrogen and oxygen atoms in total. The number of alkyl carbamates (subject to hydrolysis) is 1. The fourth-order valence-electron chi connectivity index (χ4n) is 4.25. The average molecular weight is 425 g/mol. The molecule has 0 spiro atoms.